The van der Waals surface area contributed by atoms with Crippen LogP contribution in [0.4, 0.5) is 0 Å². The van der Waals surface area contributed by atoms with Crippen molar-refractivity contribution >= 4 is 11.8 Å². The second-order valence-electron chi connectivity index (χ2n) is 9.02. The SMILES string of the molecule is NC1CCN(C(=O)C2CCN(C3NNC4CNC(c5cccnc5)CC43)C2=O)CC1. The van der Waals surface area contributed by atoms with Crippen LogP contribution in [0, 0.1) is 11.8 Å². The summed E-state index contributed by atoms with van der Waals surface area (Å²) in [4.78, 5) is 34.2. The van der Waals surface area contributed by atoms with Crippen molar-refractivity contribution in [2.24, 2.45) is 17.6 Å². The van der Waals surface area contributed by atoms with E-state index in [0.717, 1.165) is 25.8 Å². The minimum atomic E-state index is -0.545. The van der Waals surface area contributed by atoms with E-state index in [-0.39, 0.29) is 42.0 Å². The maximum atomic E-state index is 13.2. The first kappa shape index (κ1) is 19.9. The summed E-state index contributed by atoms with van der Waals surface area (Å²) in [6, 6.07) is 4.70. The van der Waals surface area contributed by atoms with Gasteiger partial charge in [-0.15, -0.1) is 0 Å². The van der Waals surface area contributed by atoms with Crippen LogP contribution in [0.15, 0.2) is 24.5 Å². The molecule has 4 aliphatic heterocycles. The van der Waals surface area contributed by atoms with Crippen LogP contribution in [0.1, 0.15) is 37.3 Å². The second-order valence-corrected chi connectivity index (χ2v) is 9.02. The van der Waals surface area contributed by atoms with E-state index in [2.05, 4.69) is 27.2 Å². The van der Waals surface area contributed by atoms with Gasteiger partial charge in [-0.3, -0.25) is 20.0 Å². The molecule has 0 aliphatic carbocycles. The molecule has 5 heterocycles. The number of hydrogen-bond donors (Lipinski definition) is 4. The molecule has 0 spiro atoms. The minimum absolute atomic E-state index is 0.0181. The standard InChI is InChI=1S/C21H31N7O2/c22-14-3-7-27(8-4-14)20(29)15-5-9-28(21(15)30)19-16-10-17(13-2-1-6-23-11-13)24-12-18(16)25-26-19/h1-2,6,11,14-19,24-26H,3-5,7-10,12,22H2. The average Bonchev–Trinajstić information content (AvgIpc) is 3.37. The number of piperidine rings is 2. The van der Waals surface area contributed by atoms with Gasteiger partial charge in [0.1, 0.15) is 5.92 Å². The molecule has 2 amide bonds. The van der Waals surface area contributed by atoms with Gasteiger partial charge < -0.3 is 20.9 Å². The number of fused-ring (bicyclic) bond motifs is 1. The zero-order valence-corrected chi connectivity index (χ0v) is 17.2. The number of nitrogens with zero attached hydrogens (tertiary/aromatic N) is 3. The molecule has 9 heteroatoms. The highest BCUT2D eigenvalue weighted by Gasteiger charge is 2.49. The van der Waals surface area contributed by atoms with E-state index >= 15 is 0 Å². The molecule has 5 N–H and O–H groups in total. The highest BCUT2D eigenvalue weighted by molar-refractivity contribution is 6.01. The normalized spacial score (nSPS) is 35.0. The minimum Gasteiger partial charge on any atom is -0.342 e. The number of rotatable bonds is 3. The van der Waals surface area contributed by atoms with Gasteiger partial charge >= 0.3 is 0 Å². The van der Waals surface area contributed by atoms with E-state index in [1.54, 1.807) is 6.20 Å². The quantitative estimate of drug-likeness (QED) is 0.486. The Morgan fingerprint density at radius 3 is 2.77 bits per heavy atom. The van der Waals surface area contributed by atoms with Gasteiger partial charge in [-0.1, -0.05) is 6.07 Å². The third-order valence-corrected chi connectivity index (χ3v) is 7.24. The first-order valence-electron chi connectivity index (χ1n) is 11.1. The number of hydrazine groups is 1. The van der Waals surface area contributed by atoms with Gasteiger partial charge in [-0.25, -0.2) is 5.43 Å². The van der Waals surface area contributed by atoms with Crippen LogP contribution in [0.2, 0.25) is 0 Å². The van der Waals surface area contributed by atoms with E-state index in [0.29, 0.717) is 26.1 Å². The summed E-state index contributed by atoms with van der Waals surface area (Å²) in [6.07, 6.45) is 6.74. The van der Waals surface area contributed by atoms with Crippen LogP contribution in [0.3, 0.4) is 0 Å². The topological polar surface area (TPSA) is 116 Å². The van der Waals surface area contributed by atoms with Crippen LogP contribution < -0.4 is 21.9 Å². The summed E-state index contributed by atoms with van der Waals surface area (Å²) in [7, 11) is 0. The smallest absolute Gasteiger partial charge is 0.236 e. The van der Waals surface area contributed by atoms with Crippen LogP contribution >= 0.6 is 0 Å². The summed E-state index contributed by atoms with van der Waals surface area (Å²) in [5.74, 6) is -0.319. The van der Waals surface area contributed by atoms with Crippen molar-refractivity contribution in [2.45, 2.75) is 50.0 Å². The van der Waals surface area contributed by atoms with Gasteiger partial charge in [0.2, 0.25) is 11.8 Å². The van der Waals surface area contributed by atoms with Crippen molar-refractivity contribution < 1.29 is 9.59 Å². The fraction of sp³-hybridized carbons (Fsp3) is 0.667. The molecule has 0 aromatic carbocycles. The molecule has 9 nitrogen and oxygen atoms in total. The molecule has 1 aromatic rings. The van der Waals surface area contributed by atoms with Gasteiger partial charge in [0, 0.05) is 62.6 Å². The first-order valence-corrected chi connectivity index (χ1v) is 11.1. The van der Waals surface area contributed by atoms with Gasteiger partial charge in [0.05, 0.1) is 6.17 Å². The van der Waals surface area contributed by atoms with E-state index in [9.17, 15) is 9.59 Å². The van der Waals surface area contributed by atoms with E-state index in [4.69, 9.17) is 5.73 Å². The molecule has 4 saturated heterocycles. The van der Waals surface area contributed by atoms with Crippen molar-refractivity contribution in [3.8, 4) is 0 Å². The van der Waals surface area contributed by atoms with Crippen molar-refractivity contribution in [3.05, 3.63) is 30.1 Å². The lowest BCUT2D eigenvalue weighted by Gasteiger charge is -2.37. The Hall–Kier alpha value is -2.07. The fourth-order valence-electron chi connectivity index (χ4n) is 5.44. The Morgan fingerprint density at radius 2 is 2.00 bits per heavy atom. The van der Waals surface area contributed by atoms with Gasteiger partial charge in [0.25, 0.3) is 0 Å². The molecule has 1 aromatic heterocycles. The molecule has 5 atom stereocenters. The molecule has 30 heavy (non-hydrogen) atoms. The molecule has 4 fully saturated rings. The zero-order chi connectivity index (χ0) is 20.7. The van der Waals surface area contributed by atoms with Crippen LogP contribution in [-0.4, -0.2) is 71.0 Å². The zero-order valence-electron chi connectivity index (χ0n) is 17.2. The lowest BCUT2D eigenvalue weighted by molar-refractivity contribution is -0.145. The molecule has 4 aliphatic rings. The number of pyridine rings is 1. The van der Waals surface area contributed by atoms with Gasteiger partial charge in [-0.2, -0.15) is 0 Å². The van der Waals surface area contributed by atoms with Crippen LogP contribution in [0.5, 0.6) is 0 Å². The number of hydrogen-bond acceptors (Lipinski definition) is 7. The number of nitrogens with one attached hydrogen (secondary N) is 3. The van der Waals surface area contributed by atoms with E-state index < -0.39 is 5.92 Å². The predicted molar refractivity (Wildman–Crippen MR) is 111 cm³/mol. The summed E-state index contributed by atoms with van der Waals surface area (Å²) in [6.45, 7) is 2.77. The maximum Gasteiger partial charge on any atom is 0.236 e. The number of likely N-dealkylation sites (tertiary alicyclic amines) is 2. The Balaban J connectivity index is 1.25. The molecule has 5 unspecified atom stereocenters. The summed E-state index contributed by atoms with van der Waals surface area (Å²) in [5.41, 5.74) is 13.8. The molecular formula is C21H31N7O2. The lowest BCUT2D eigenvalue weighted by atomic mass is 9.85. The van der Waals surface area contributed by atoms with Gasteiger partial charge in [-0.05, 0) is 37.3 Å². The van der Waals surface area contributed by atoms with Crippen molar-refractivity contribution in [2.75, 3.05) is 26.2 Å². The van der Waals surface area contributed by atoms with Crippen LogP contribution in [0.25, 0.3) is 0 Å². The molecule has 0 bridgehead atoms. The monoisotopic (exact) mass is 413 g/mol. The number of aromatic nitrogens is 1. The Bertz CT molecular complexity index is 783. The first-order chi connectivity index (χ1) is 14.6. The average molecular weight is 414 g/mol. The molecule has 0 saturated carbocycles. The van der Waals surface area contributed by atoms with Crippen molar-refractivity contribution in [1.29, 1.82) is 0 Å². The summed E-state index contributed by atoms with van der Waals surface area (Å²) >= 11 is 0. The summed E-state index contributed by atoms with van der Waals surface area (Å²) < 4.78 is 0. The van der Waals surface area contributed by atoms with E-state index in [1.807, 2.05) is 22.1 Å². The Morgan fingerprint density at radius 1 is 1.17 bits per heavy atom. The number of amides is 2. The van der Waals surface area contributed by atoms with Crippen molar-refractivity contribution in [3.63, 3.8) is 0 Å². The Labute approximate surface area is 176 Å². The number of nitrogens with two attached hydrogens (primary N) is 1. The number of carbonyl (C=O) groups excluding carboxylic acids is 2. The second kappa shape index (κ2) is 8.22. The predicted octanol–water partition coefficient (Wildman–Crippen LogP) is -0.667. The molecular weight excluding hydrogens is 382 g/mol. The third kappa shape index (κ3) is 3.60. The molecule has 162 valence electrons. The highest BCUT2D eigenvalue weighted by Crippen LogP contribution is 2.35. The van der Waals surface area contributed by atoms with Crippen LogP contribution in [-0.2, 0) is 9.59 Å². The highest BCUT2D eigenvalue weighted by atomic mass is 16.2. The maximum absolute atomic E-state index is 13.2. The van der Waals surface area contributed by atoms with Crippen molar-refractivity contribution in [1.82, 2.24) is 31.0 Å². The fourth-order valence-corrected chi connectivity index (χ4v) is 5.44. The molecule has 5 rings (SSSR count). The third-order valence-electron chi connectivity index (χ3n) is 7.24. The Kier molecular flexibility index (Phi) is 5.44. The van der Waals surface area contributed by atoms with Gasteiger partial charge in [0.15, 0.2) is 0 Å². The van der Waals surface area contributed by atoms with E-state index in [1.165, 1.54) is 5.56 Å². The number of carbonyl (C=O) groups is 2. The molecule has 0 radical (unpaired) electrons. The largest absolute Gasteiger partial charge is 0.342 e. The lowest BCUT2D eigenvalue weighted by Crippen LogP contribution is -2.52. The summed E-state index contributed by atoms with van der Waals surface area (Å²) in [5, 5.41) is 3.59.